The molecule has 0 saturated carbocycles. The molecule has 2 N–H and O–H groups in total. The van der Waals surface area contributed by atoms with E-state index in [1.165, 1.54) is 0 Å². The summed E-state index contributed by atoms with van der Waals surface area (Å²) in [7, 11) is 3.22. The molecule has 1 rings (SSSR count). The second kappa shape index (κ2) is 4.84. The number of ether oxygens (including phenoxy) is 2. The van der Waals surface area contributed by atoms with E-state index in [1.807, 2.05) is 0 Å². The van der Waals surface area contributed by atoms with E-state index >= 15 is 0 Å². The minimum Gasteiger partial charge on any atom is -0.384 e. The van der Waals surface area contributed by atoms with E-state index in [-0.39, 0.29) is 6.29 Å². The highest BCUT2D eigenvalue weighted by Gasteiger charge is 2.06. The third kappa shape index (κ3) is 2.71. The number of hydrogen-bond acceptors (Lipinski definition) is 4. The molecule has 13 heavy (non-hydrogen) atoms. The SMILES string of the molecule is COC(CCn1nccc1N)OC. The van der Waals surface area contributed by atoms with E-state index in [9.17, 15) is 0 Å². The van der Waals surface area contributed by atoms with Gasteiger partial charge in [-0.25, -0.2) is 4.68 Å². The topological polar surface area (TPSA) is 62.3 Å². The second-order valence-electron chi connectivity index (χ2n) is 2.67. The molecule has 0 aliphatic carbocycles. The van der Waals surface area contributed by atoms with Crippen molar-refractivity contribution in [1.29, 1.82) is 0 Å². The zero-order chi connectivity index (χ0) is 9.68. The first kappa shape index (κ1) is 10.0. The van der Waals surface area contributed by atoms with Gasteiger partial charge in [0.05, 0.1) is 6.20 Å². The predicted octanol–water partition coefficient (Wildman–Crippen LogP) is 0.474. The molecule has 0 unspecified atom stereocenters. The highest BCUT2D eigenvalue weighted by atomic mass is 16.7. The molecule has 0 saturated heterocycles. The van der Waals surface area contributed by atoms with Crippen molar-refractivity contribution in [2.45, 2.75) is 19.3 Å². The number of methoxy groups -OCH3 is 2. The van der Waals surface area contributed by atoms with Gasteiger partial charge in [0.2, 0.25) is 0 Å². The number of hydrogen-bond donors (Lipinski definition) is 1. The molecule has 0 spiro atoms. The molecule has 0 amide bonds. The first-order valence-corrected chi connectivity index (χ1v) is 4.10. The fourth-order valence-corrected chi connectivity index (χ4v) is 1.09. The van der Waals surface area contributed by atoms with E-state index in [4.69, 9.17) is 15.2 Å². The highest BCUT2D eigenvalue weighted by Crippen LogP contribution is 2.04. The third-order valence-corrected chi connectivity index (χ3v) is 1.85. The molecular formula is C8H15N3O2. The molecule has 0 fully saturated rings. The number of nitrogen functional groups attached to an aromatic ring is 1. The lowest BCUT2D eigenvalue weighted by Crippen LogP contribution is -2.17. The summed E-state index contributed by atoms with van der Waals surface area (Å²) < 4.78 is 11.8. The van der Waals surface area contributed by atoms with E-state index in [2.05, 4.69) is 5.10 Å². The van der Waals surface area contributed by atoms with Crippen LogP contribution in [0.5, 0.6) is 0 Å². The molecule has 0 aromatic carbocycles. The first-order valence-electron chi connectivity index (χ1n) is 4.10. The van der Waals surface area contributed by atoms with Crippen molar-refractivity contribution in [1.82, 2.24) is 9.78 Å². The summed E-state index contributed by atoms with van der Waals surface area (Å²) in [6.45, 7) is 0.700. The molecule has 5 nitrogen and oxygen atoms in total. The van der Waals surface area contributed by atoms with Gasteiger partial charge in [-0.1, -0.05) is 0 Å². The number of aryl methyl sites for hydroxylation is 1. The third-order valence-electron chi connectivity index (χ3n) is 1.85. The summed E-state index contributed by atoms with van der Waals surface area (Å²) in [5.41, 5.74) is 5.63. The van der Waals surface area contributed by atoms with Crippen molar-refractivity contribution in [3.05, 3.63) is 12.3 Å². The zero-order valence-electron chi connectivity index (χ0n) is 7.93. The Kier molecular flexibility index (Phi) is 3.72. The lowest BCUT2D eigenvalue weighted by atomic mass is 10.4. The van der Waals surface area contributed by atoms with Gasteiger partial charge in [0.1, 0.15) is 5.82 Å². The molecule has 1 aromatic rings. The van der Waals surface area contributed by atoms with Crippen LogP contribution >= 0.6 is 0 Å². The van der Waals surface area contributed by atoms with Gasteiger partial charge >= 0.3 is 0 Å². The quantitative estimate of drug-likeness (QED) is 0.677. The van der Waals surface area contributed by atoms with Crippen LogP contribution in [0.25, 0.3) is 0 Å². The Morgan fingerprint density at radius 3 is 2.69 bits per heavy atom. The van der Waals surface area contributed by atoms with Crippen molar-refractivity contribution in [2.75, 3.05) is 20.0 Å². The van der Waals surface area contributed by atoms with Gasteiger partial charge in [0.15, 0.2) is 6.29 Å². The average molecular weight is 185 g/mol. The molecule has 0 atom stereocenters. The lowest BCUT2D eigenvalue weighted by molar-refractivity contribution is -0.108. The summed E-state index contributed by atoms with van der Waals surface area (Å²) in [5, 5.41) is 4.04. The van der Waals surface area contributed by atoms with Crippen LogP contribution in [0, 0.1) is 0 Å². The van der Waals surface area contributed by atoms with Crippen molar-refractivity contribution >= 4 is 5.82 Å². The Hall–Kier alpha value is -1.07. The molecule has 0 radical (unpaired) electrons. The summed E-state index contributed by atoms with van der Waals surface area (Å²) in [6, 6.07) is 1.76. The monoisotopic (exact) mass is 185 g/mol. The standard InChI is InChI=1S/C8H15N3O2/c1-12-8(13-2)4-6-11-7(9)3-5-10-11/h3,5,8H,4,6,9H2,1-2H3. The van der Waals surface area contributed by atoms with Crippen molar-refractivity contribution in [3.63, 3.8) is 0 Å². The van der Waals surface area contributed by atoms with Crippen LogP contribution in [-0.2, 0) is 16.0 Å². The number of nitrogens with zero attached hydrogens (tertiary/aromatic N) is 2. The Balaban J connectivity index is 2.38. The minimum absolute atomic E-state index is 0.191. The predicted molar refractivity (Wildman–Crippen MR) is 49.1 cm³/mol. The van der Waals surface area contributed by atoms with Crippen LogP contribution in [0.4, 0.5) is 5.82 Å². The van der Waals surface area contributed by atoms with Gasteiger partial charge in [-0.3, -0.25) is 0 Å². The Morgan fingerprint density at radius 2 is 2.23 bits per heavy atom. The highest BCUT2D eigenvalue weighted by molar-refractivity contribution is 5.25. The van der Waals surface area contributed by atoms with Crippen LogP contribution < -0.4 is 5.73 Å². The van der Waals surface area contributed by atoms with Crippen LogP contribution in [0.2, 0.25) is 0 Å². The molecule has 0 bridgehead atoms. The van der Waals surface area contributed by atoms with Crippen LogP contribution in [0.3, 0.4) is 0 Å². The van der Waals surface area contributed by atoms with Crippen LogP contribution in [0.15, 0.2) is 12.3 Å². The van der Waals surface area contributed by atoms with E-state index in [0.29, 0.717) is 12.4 Å². The maximum absolute atomic E-state index is 5.63. The Bertz CT molecular complexity index is 245. The molecule has 1 heterocycles. The molecule has 0 aliphatic rings. The fourth-order valence-electron chi connectivity index (χ4n) is 1.09. The second-order valence-corrected chi connectivity index (χ2v) is 2.67. The molecular weight excluding hydrogens is 170 g/mol. The molecule has 0 aliphatic heterocycles. The zero-order valence-corrected chi connectivity index (χ0v) is 7.93. The summed E-state index contributed by atoms with van der Waals surface area (Å²) >= 11 is 0. The number of aromatic nitrogens is 2. The smallest absolute Gasteiger partial charge is 0.158 e. The van der Waals surface area contributed by atoms with Crippen molar-refractivity contribution in [3.8, 4) is 0 Å². The van der Waals surface area contributed by atoms with Crippen LogP contribution in [-0.4, -0.2) is 30.3 Å². The first-order chi connectivity index (χ1) is 6.27. The molecule has 5 heteroatoms. The Morgan fingerprint density at radius 1 is 1.54 bits per heavy atom. The minimum atomic E-state index is -0.191. The summed E-state index contributed by atoms with van der Waals surface area (Å²) in [4.78, 5) is 0. The average Bonchev–Trinajstić information content (AvgIpc) is 2.54. The normalized spacial score (nSPS) is 11.0. The van der Waals surface area contributed by atoms with Gasteiger partial charge in [-0.15, -0.1) is 0 Å². The Labute approximate surface area is 77.4 Å². The van der Waals surface area contributed by atoms with Crippen molar-refractivity contribution in [2.24, 2.45) is 0 Å². The summed E-state index contributed by atoms with van der Waals surface area (Å²) in [6.07, 6.45) is 2.21. The van der Waals surface area contributed by atoms with Gasteiger partial charge in [-0.05, 0) is 6.07 Å². The summed E-state index contributed by atoms with van der Waals surface area (Å²) in [5.74, 6) is 0.658. The van der Waals surface area contributed by atoms with E-state index in [1.54, 1.807) is 31.2 Å². The van der Waals surface area contributed by atoms with Gasteiger partial charge in [0.25, 0.3) is 0 Å². The number of anilines is 1. The maximum Gasteiger partial charge on any atom is 0.158 e. The largest absolute Gasteiger partial charge is 0.384 e. The van der Waals surface area contributed by atoms with Crippen LogP contribution in [0.1, 0.15) is 6.42 Å². The van der Waals surface area contributed by atoms with Gasteiger partial charge < -0.3 is 15.2 Å². The number of rotatable bonds is 5. The van der Waals surface area contributed by atoms with E-state index in [0.717, 1.165) is 6.42 Å². The molecule has 1 aromatic heterocycles. The number of nitrogens with two attached hydrogens (primary N) is 1. The lowest BCUT2D eigenvalue weighted by Gasteiger charge is -2.13. The fraction of sp³-hybridized carbons (Fsp3) is 0.625. The van der Waals surface area contributed by atoms with Crippen molar-refractivity contribution < 1.29 is 9.47 Å². The molecule has 74 valence electrons. The van der Waals surface area contributed by atoms with E-state index < -0.39 is 0 Å². The van der Waals surface area contributed by atoms with Gasteiger partial charge in [-0.2, -0.15) is 5.10 Å². The van der Waals surface area contributed by atoms with Gasteiger partial charge in [0, 0.05) is 27.2 Å². The maximum atomic E-state index is 5.63.